The molecule has 1 aliphatic heterocycles. The molecule has 1 aromatic heterocycles. The van der Waals surface area contributed by atoms with Crippen molar-refractivity contribution < 1.29 is 14.3 Å². The lowest BCUT2D eigenvalue weighted by molar-refractivity contribution is -0.132. The second-order valence-corrected chi connectivity index (χ2v) is 6.90. The molecule has 0 radical (unpaired) electrons. The SMILES string of the molecule is Cc1nc(C(C)(C)C)oc1CC(=O)N1CCN(CCO)CC1. The van der Waals surface area contributed by atoms with Gasteiger partial charge in [-0.05, 0) is 6.92 Å². The van der Waals surface area contributed by atoms with Gasteiger partial charge in [0.05, 0.1) is 18.7 Å². The summed E-state index contributed by atoms with van der Waals surface area (Å²) in [7, 11) is 0. The van der Waals surface area contributed by atoms with Gasteiger partial charge in [-0.1, -0.05) is 20.8 Å². The number of aryl methyl sites for hydroxylation is 1. The zero-order valence-corrected chi connectivity index (χ0v) is 14.1. The van der Waals surface area contributed by atoms with Gasteiger partial charge in [0.15, 0.2) is 5.89 Å². The first-order chi connectivity index (χ1) is 10.3. The quantitative estimate of drug-likeness (QED) is 0.897. The van der Waals surface area contributed by atoms with E-state index < -0.39 is 0 Å². The number of amides is 1. The number of oxazole rings is 1. The van der Waals surface area contributed by atoms with Crippen molar-refractivity contribution in [3.05, 3.63) is 17.3 Å². The number of hydrogen-bond donors (Lipinski definition) is 1. The first-order valence-electron chi connectivity index (χ1n) is 7.89. The predicted octanol–water partition coefficient (Wildman–Crippen LogP) is 0.960. The molecule has 124 valence electrons. The molecule has 6 nitrogen and oxygen atoms in total. The van der Waals surface area contributed by atoms with Gasteiger partial charge in [0.1, 0.15) is 5.76 Å². The van der Waals surface area contributed by atoms with Crippen molar-refractivity contribution >= 4 is 5.91 Å². The van der Waals surface area contributed by atoms with Gasteiger partial charge in [0.25, 0.3) is 0 Å². The normalized spacial score (nSPS) is 17.0. The van der Waals surface area contributed by atoms with Crippen molar-refractivity contribution in [3.8, 4) is 0 Å². The summed E-state index contributed by atoms with van der Waals surface area (Å²) in [6.45, 7) is 11.9. The van der Waals surface area contributed by atoms with E-state index in [0.717, 1.165) is 18.8 Å². The number of hydrogen-bond acceptors (Lipinski definition) is 5. The minimum atomic E-state index is -0.151. The molecule has 1 aromatic rings. The maximum atomic E-state index is 12.4. The number of rotatable bonds is 4. The van der Waals surface area contributed by atoms with Crippen LogP contribution in [0.3, 0.4) is 0 Å². The van der Waals surface area contributed by atoms with Crippen molar-refractivity contribution in [2.75, 3.05) is 39.3 Å². The van der Waals surface area contributed by atoms with E-state index in [1.165, 1.54) is 0 Å². The van der Waals surface area contributed by atoms with Gasteiger partial charge in [-0.2, -0.15) is 0 Å². The molecule has 0 aromatic carbocycles. The lowest BCUT2D eigenvalue weighted by Gasteiger charge is -2.34. The molecule has 0 unspecified atom stereocenters. The van der Waals surface area contributed by atoms with Crippen molar-refractivity contribution in [1.82, 2.24) is 14.8 Å². The molecule has 0 saturated carbocycles. The van der Waals surface area contributed by atoms with E-state index in [1.807, 2.05) is 32.6 Å². The van der Waals surface area contributed by atoms with Crippen LogP contribution in [0.4, 0.5) is 0 Å². The van der Waals surface area contributed by atoms with Gasteiger partial charge >= 0.3 is 0 Å². The fourth-order valence-corrected chi connectivity index (χ4v) is 2.52. The highest BCUT2D eigenvalue weighted by molar-refractivity contribution is 5.78. The molecular weight excluding hydrogens is 282 g/mol. The molecule has 1 amide bonds. The Morgan fingerprint density at radius 3 is 2.41 bits per heavy atom. The number of β-amino-alcohol motifs (C(OH)–C–C–N with tert-alkyl or cyclic N) is 1. The smallest absolute Gasteiger partial charge is 0.230 e. The Balaban J connectivity index is 1.94. The minimum absolute atomic E-state index is 0.0864. The van der Waals surface area contributed by atoms with Crippen molar-refractivity contribution in [2.45, 2.75) is 39.5 Å². The lowest BCUT2D eigenvalue weighted by atomic mass is 9.97. The number of aliphatic hydroxyl groups excluding tert-OH is 1. The third kappa shape index (κ3) is 4.08. The van der Waals surface area contributed by atoms with E-state index in [4.69, 9.17) is 9.52 Å². The Morgan fingerprint density at radius 2 is 1.91 bits per heavy atom. The van der Waals surface area contributed by atoms with E-state index in [1.54, 1.807) is 0 Å². The lowest BCUT2D eigenvalue weighted by Crippen LogP contribution is -2.49. The summed E-state index contributed by atoms with van der Waals surface area (Å²) in [6.07, 6.45) is 0.273. The summed E-state index contributed by atoms with van der Waals surface area (Å²) < 4.78 is 5.80. The molecule has 1 N–H and O–H groups in total. The minimum Gasteiger partial charge on any atom is -0.444 e. The van der Waals surface area contributed by atoms with Crippen LogP contribution in [0.15, 0.2) is 4.42 Å². The Labute approximate surface area is 132 Å². The van der Waals surface area contributed by atoms with Gasteiger partial charge in [-0.25, -0.2) is 4.98 Å². The van der Waals surface area contributed by atoms with Crippen LogP contribution in [0.2, 0.25) is 0 Å². The van der Waals surface area contributed by atoms with Crippen LogP contribution in [-0.4, -0.2) is 65.1 Å². The molecule has 1 aliphatic rings. The van der Waals surface area contributed by atoms with Crippen molar-refractivity contribution in [1.29, 1.82) is 0 Å². The zero-order valence-electron chi connectivity index (χ0n) is 14.1. The molecule has 22 heavy (non-hydrogen) atoms. The molecular formula is C16H27N3O3. The first-order valence-corrected chi connectivity index (χ1v) is 7.89. The number of nitrogens with zero attached hydrogens (tertiary/aromatic N) is 3. The maximum Gasteiger partial charge on any atom is 0.230 e. The second kappa shape index (κ2) is 6.79. The summed E-state index contributed by atoms with van der Waals surface area (Å²) in [5.41, 5.74) is 0.652. The summed E-state index contributed by atoms with van der Waals surface area (Å²) in [6, 6.07) is 0. The topological polar surface area (TPSA) is 69.8 Å². The number of carbonyl (C=O) groups is 1. The summed E-state index contributed by atoms with van der Waals surface area (Å²) in [5.74, 6) is 1.44. The largest absolute Gasteiger partial charge is 0.444 e. The summed E-state index contributed by atoms with van der Waals surface area (Å²) >= 11 is 0. The van der Waals surface area contributed by atoms with Crippen molar-refractivity contribution in [2.24, 2.45) is 0 Å². The van der Waals surface area contributed by atoms with Gasteiger partial charge in [-0.3, -0.25) is 9.69 Å². The average Bonchev–Trinajstić information content (AvgIpc) is 2.81. The Hall–Kier alpha value is -1.40. The highest BCUT2D eigenvalue weighted by atomic mass is 16.4. The zero-order chi connectivity index (χ0) is 16.3. The van der Waals surface area contributed by atoms with E-state index in [-0.39, 0.29) is 24.3 Å². The van der Waals surface area contributed by atoms with Crippen LogP contribution >= 0.6 is 0 Å². The van der Waals surface area contributed by atoms with E-state index in [0.29, 0.717) is 31.3 Å². The molecule has 2 heterocycles. The van der Waals surface area contributed by atoms with Gasteiger partial charge in [0.2, 0.25) is 5.91 Å². The molecule has 0 aliphatic carbocycles. The molecule has 0 atom stereocenters. The Kier molecular flexibility index (Phi) is 5.24. The van der Waals surface area contributed by atoms with E-state index in [9.17, 15) is 4.79 Å². The Morgan fingerprint density at radius 1 is 1.27 bits per heavy atom. The molecule has 6 heteroatoms. The number of aromatic nitrogens is 1. The summed E-state index contributed by atoms with van der Waals surface area (Å²) in [5, 5.41) is 8.95. The second-order valence-electron chi connectivity index (χ2n) is 6.90. The molecule has 0 bridgehead atoms. The van der Waals surface area contributed by atoms with Crippen LogP contribution in [0.25, 0.3) is 0 Å². The third-order valence-electron chi connectivity index (χ3n) is 3.99. The average molecular weight is 309 g/mol. The summed E-state index contributed by atoms with van der Waals surface area (Å²) in [4.78, 5) is 20.9. The monoisotopic (exact) mass is 309 g/mol. The van der Waals surface area contributed by atoms with Crippen LogP contribution in [0.5, 0.6) is 0 Å². The van der Waals surface area contributed by atoms with Crippen LogP contribution in [0, 0.1) is 6.92 Å². The van der Waals surface area contributed by atoms with Crippen molar-refractivity contribution in [3.63, 3.8) is 0 Å². The molecule has 1 saturated heterocycles. The van der Waals surface area contributed by atoms with Crippen LogP contribution < -0.4 is 0 Å². The first kappa shape index (κ1) is 17.0. The number of piperazine rings is 1. The highest BCUT2D eigenvalue weighted by Gasteiger charge is 2.26. The molecule has 0 spiro atoms. The number of carbonyl (C=O) groups excluding carboxylic acids is 1. The fraction of sp³-hybridized carbons (Fsp3) is 0.750. The predicted molar refractivity (Wildman–Crippen MR) is 83.7 cm³/mol. The standard InChI is InChI=1S/C16H27N3O3/c1-12-13(22-15(17-12)16(2,3)4)11-14(21)19-7-5-18(6-8-19)9-10-20/h20H,5-11H2,1-4H3. The third-order valence-corrected chi connectivity index (χ3v) is 3.99. The van der Waals surface area contributed by atoms with Crippen LogP contribution in [-0.2, 0) is 16.6 Å². The van der Waals surface area contributed by atoms with Gasteiger partial charge in [0, 0.05) is 38.1 Å². The van der Waals surface area contributed by atoms with Gasteiger partial charge < -0.3 is 14.4 Å². The van der Waals surface area contributed by atoms with Crippen LogP contribution in [0.1, 0.15) is 38.1 Å². The maximum absolute atomic E-state index is 12.4. The number of aliphatic hydroxyl groups is 1. The molecule has 1 fully saturated rings. The van der Waals surface area contributed by atoms with E-state index >= 15 is 0 Å². The molecule has 2 rings (SSSR count). The highest BCUT2D eigenvalue weighted by Crippen LogP contribution is 2.24. The Bertz CT molecular complexity index is 511. The van der Waals surface area contributed by atoms with Gasteiger partial charge in [-0.15, -0.1) is 0 Å². The van der Waals surface area contributed by atoms with E-state index in [2.05, 4.69) is 9.88 Å². The fourth-order valence-electron chi connectivity index (χ4n) is 2.52.